The number of hydrogen-bond acceptors (Lipinski definition) is 4. The average Bonchev–Trinajstić information content (AvgIpc) is 2.31. The van der Waals surface area contributed by atoms with Crippen molar-refractivity contribution in [3.63, 3.8) is 0 Å². The largest absolute Gasteiger partial charge is 0.390 e. The molecule has 0 aliphatic rings. The highest BCUT2D eigenvalue weighted by atomic mass is 79.9. The van der Waals surface area contributed by atoms with Crippen LogP contribution in [0.5, 0.6) is 0 Å². The quantitative estimate of drug-likeness (QED) is 0.620. The van der Waals surface area contributed by atoms with Gasteiger partial charge in [-0.15, -0.1) is 0 Å². The Morgan fingerprint density at radius 1 is 1.50 bits per heavy atom. The number of nitrogens with one attached hydrogen (secondary N) is 1. The number of nitro benzene ring substituents is 1. The fourth-order valence-electron chi connectivity index (χ4n) is 1.28. The van der Waals surface area contributed by atoms with Gasteiger partial charge in [0.25, 0.3) is 11.6 Å². The van der Waals surface area contributed by atoms with E-state index < -0.39 is 24.0 Å². The maximum atomic E-state index is 12.7. The molecular weight excluding hydrogens is 314 g/mol. The molecule has 1 rings (SSSR count). The summed E-state index contributed by atoms with van der Waals surface area (Å²) in [4.78, 5) is 10.1. The summed E-state index contributed by atoms with van der Waals surface area (Å²) < 4.78 is 25.7. The summed E-state index contributed by atoms with van der Waals surface area (Å²) in [6.07, 6.45) is 0. The number of nitro groups is 1. The molecule has 18 heavy (non-hydrogen) atoms. The number of aliphatic hydroxyl groups is 1. The van der Waals surface area contributed by atoms with Crippen molar-refractivity contribution in [1.29, 1.82) is 0 Å². The number of aliphatic hydroxyl groups excluding tert-OH is 1. The Balaban J connectivity index is 2.69. The molecule has 0 aliphatic heterocycles. The van der Waals surface area contributed by atoms with Gasteiger partial charge >= 0.3 is 0 Å². The maximum Gasteiger partial charge on any atom is 0.283 e. The third-order valence-electron chi connectivity index (χ3n) is 2.19. The normalized spacial score (nSPS) is 11.6. The van der Waals surface area contributed by atoms with Gasteiger partial charge in [-0.1, -0.05) is 12.1 Å². The summed E-state index contributed by atoms with van der Waals surface area (Å²) in [5, 5.41) is 21.5. The maximum absolute atomic E-state index is 12.7. The molecule has 0 fully saturated rings. The summed E-state index contributed by atoms with van der Waals surface area (Å²) in [5.74, 6) is -3.20. The molecule has 0 saturated carbocycles. The monoisotopic (exact) mass is 324 g/mol. The van der Waals surface area contributed by atoms with Crippen molar-refractivity contribution in [2.75, 3.05) is 13.2 Å². The smallest absolute Gasteiger partial charge is 0.283 e. The van der Waals surface area contributed by atoms with Crippen LogP contribution in [-0.2, 0) is 6.54 Å². The lowest BCUT2D eigenvalue weighted by molar-refractivity contribution is -0.385. The lowest BCUT2D eigenvalue weighted by Gasteiger charge is -2.14. The lowest BCUT2D eigenvalue weighted by atomic mass is 10.2. The number of hydrogen-bond donors (Lipinski definition) is 2. The summed E-state index contributed by atoms with van der Waals surface area (Å²) in [6.45, 7) is -1.90. The van der Waals surface area contributed by atoms with Gasteiger partial charge in [-0.25, -0.2) is 8.78 Å². The first kappa shape index (κ1) is 14.9. The molecule has 0 heterocycles. The average molecular weight is 325 g/mol. The molecule has 0 aromatic heterocycles. The minimum Gasteiger partial charge on any atom is -0.390 e. The van der Waals surface area contributed by atoms with Crippen LogP contribution in [0.2, 0.25) is 0 Å². The van der Waals surface area contributed by atoms with E-state index in [0.717, 1.165) is 0 Å². The molecule has 8 heteroatoms. The van der Waals surface area contributed by atoms with E-state index in [1.165, 1.54) is 12.1 Å². The Kier molecular flexibility index (Phi) is 5.12. The zero-order chi connectivity index (χ0) is 13.8. The first-order chi connectivity index (χ1) is 8.37. The number of halogens is 3. The van der Waals surface area contributed by atoms with Gasteiger partial charge in [-0.3, -0.25) is 10.1 Å². The third-order valence-corrected chi connectivity index (χ3v) is 3.10. The van der Waals surface area contributed by atoms with Crippen LogP contribution in [0.15, 0.2) is 22.7 Å². The van der Waals surface area contributed by atoms with E-state index in [2.05, 4.69) is 21.2 Å². The molecule has 1 aromatic carbocycles. The van der Waals surface area contributed by atoms with Crippen LogP contribution >= 0.6 is 15.9 Å². The Labute approximate surface area is 110 Å². The second-order valence-electron chi connectivity index (χ2n) is 3.62. The van der Waals surface area contributed by atoms with Crippen molar-refractivity contribution in [2.45, 2.75) is 12.5 Å². The van der Waals surface area contributed by atoms with Crippen LogP contribution in [0.4, 0.5) is 14.5 Å². The van der Waals surface area contributed by atoms with Gasteiger partial charge < -0.3 is 10.4 Å². The Morgan fingerprint density at radius 2 is 2.17 bits per heavy atom. The molecule has 5 nitrogen and oxygen atoms in total. The van der Waals surface area contributed by atoms with E-state index in [1.807, 2.05) is 0 Å². The van der Waals surface area contributed by atoms with Gasteiger partial charge in [-0.05, 0) is 21.5 Å². The molecule has 1 aromatic rings. The standard InChI is InChI=1S/C10H11BrF2N2O3/c11-9-7(2-1-3-8(9)15(17)18)4-14-5-10(12,13)6-16/h1-3,14,16H,4-6H2. The van der Waals surface area contributed by atoms with E-state index in [-0.39, 0.29) is 16.7 Å². The molecular formula is C10H11BrF2N2O3. The second kappa shape index (κ2) is 6.17. The predicted molar refractivity (Wildman–Crippen MR) is 64.5 cm³/mol. The van der Waals surface area contributed by atoms with Crippen LogP contribution in [0, 0.1) is 10.1 Å². The fourth-order valence-corrected chi connectivity index (χ4v) is 1.83. The zero-order valence-electron chi connectivity index (χ0n) is 9.20. The minimum absolute atomic E-state index is 0.0395. The van der Waals surface area contributed by atoms with Gasteiger partial charge in [0.2, 0.25) is 0 Å². The number of nitrogens with zero attached hydrogens (tertiary/aromatic N) is 1. The summed E-state index contributed by atoms with van der Waals surface area (Å²) in [7, 11) is 0. The Morgan fingerprint density at radius 3 is 2.72 bits per heavy atom. The minimum atomic E-state index is -3.20. The van der Waals surface area contributed by atoms with Crippen LogP contribution in [0.25, 0.3) is 0 Å². The highest BCUT2D eigenvalue weighted by molar-refractivity contribution is 9.10. The zero-order valence-corrected chi connectivity index (χ0v) is 10.8. The summed E-state index contributed by atoms with van der Waals surface area (Å²) in [5.41, 5.74) is 0.376. The lowest BCUT2D eigenvalue weighted by Crippen LogP contribution is -2.35. The van der Waals surface area contributed by atoms with Gasteiger partial charge in [0.1, 0.15) is 6.61 Å². The molecule has 0 aliphatic carbocycles. The van der Waals surface area contributed by atoms with Gasteiger partial charge in [0.05, 0.1) is 15.9 Å². The molecule has 0 bridgehead atoms. The van der Waals surface area contributed by atoms with Gasteiger partial charge in [0.15, 0.2) is 0 Å². The van der Waals surface area contributed by atoms with Crippen LogP contribution < -0.4 is 5.32 Å². The van der Waals surface area contributed by atoms with E-state index in [1.54, 1.807) is 6.07 Å². The molecule has 0 radical (unpaired) electrons. The summed E-state index contributed by atoms with van der Waals surface area (Å²) >= 11 is 3.06. The predicted octanol–water partition coefficient (Wildman–Crippen LogP) is 2.07. The van der Waals surface area contributed by atoms with Gasteiger partial charge in [-0.2, -0.15) is 0 Å². The topological polar surface area (TPSA) is 75.4 Å². The Hall–Kier alpha value is -1.12. The Bertz CT molecular complexity index is 443. The second-order valence-corrected chi connectivity index (χ2v) is 4.42. The van der Waals surface area contributed by atoms with Crippen molar-refractivity contribution in [1.82, 2.24) is 5.32 Å². The first-order valence-electron chi connectivity index (χ1n) is 4.98. The van der Waals surface area contributed by atoms with Crippen molar-refractivity contribution in [3.8, 4) is 0 Å². The van der Waals surface area contributed by atoms with E-state index in [9.17, 15) is 18.9 Å². The van der Waals surface area contributed by atoms with Crippen molar-refractivity contribution in [2.24, 2.45) is 0 Å². The number of benzene rings is 1. The third kappa shape index (κ3) is 3.97. The molecule has 100 valence electrons. The molecule has 2 N–H and O–H groups in total. The van der Waals surface area contributed by atoms with Crippen LogP contribution in [0.1, 0.15) is 5.56 Å². The fraction of sp³-hybridized carbons (Fsp3) is 0.400. The van der Waals surface area contributed by atoms with Gasteiger partial charge in [0, 0.05) is 12.6 Å². The van der Waals surface area contributed by atoms with Crippen molar-refractivity contribution in [3.05, 3.63) is 38.3 Å². The van der Waals surface area contributed by atoms with E-state index >= 15 is 0 Å². The molecule has 0 spiro atoms. The van der Waals surface area contributed by atoms with E-state index in [4.69, 9.17) is 5.11 Å². The summed E-state index contributed by atoms with van der Waals surface area (Å²) in [6, 6.07) is 4.38. The van der Waals surface area contributed by atoms with Crippen LogP contribution in [0.3, 0.4) is 0 Å². The molecule has 0 saturated heterocycles. The highest BCUT2D eigenvalue weighted by Crippen LogP contribution is 2.28. The number of rotatable bonds is 6. The molecule has 0 unspecified atom stereocenters. The van der Waals surface area contributed by atoms with E-state index in [0.29, 0.717) is 5.56 Å². The first-order valence-corrected chi connectivity index (χ1v) is 5.78. The molecule has 0 amide bonds. The van der Waals surface area contributed by atoms with Crippen LogP contribution in [-0.4, -0.2) is 29.1 Å². The SMILES string of the molecule is O=[N+]([O-])c1cccc(CNCC(F)(F)CO)c1Br. The number of alkyl halides is 2. The van der Waals surface area contributed by atoms with Crippen molar-refractivity contribution >= 4 is 21.6 Å². The molecule has 0 atom stereocenters. The van der Waals surface area contributed by atoms with Crippen molar-refractivity contribution < 1.29 is 18.8 Å². The highest BCUT2D eigenvalue weighted by Gasteiger charge is 2.27.